The number of aliphatic carboxylic acids is 1. The maximum atomic E-state index is 12.2. The summed E-state index contributed by atoms with van der Waals surface area (Å²) in [6.45, 7) is 0.953. The number of rotatable bonds is 15. The molecule has 0 saturated carbocycles. The zero-order chi connectivity index (χ0) is 22.5. The molecule has 0 aliphatic heterocycles. The first kappa shape index (κ1) is 25.1. The van der Waals surface area contributed by atoms with Crippen molar-refractivity contribution in [3.05, 3.63) is 53.8 Å². The topological polar surface area (TPSA) is 115 Å². The predicted molar refractivity (Wildman–Crippen MR) is 117 cm³/mol. The van der Waals surface area contributed by atoms with E-state index in [1.807, 2.05) is 6.07 Å². The summed E-state index contributed by atoms with van der Waals surface area (Å²) in [4.78, 5) is 15.2. The molecular weight excluding hydrogens is 444 g/mol. The van der Waals surface area contributed by atoms with Gasteiger partial charge in [0.15, 0.2) is 0 Å². The van der Waals surface area contributed by atoms with Gasteiger partial charge in [0.2, 0.25) is 10.0 Å². The Kier molecular flexibility index (Phi) is 10.7. The normalized spacial score (nSPS) is 12.4. The number of hydrogen-bond acceptors (Lipinski definition) is 6. The summed E-state index contributed by atoms with van der Waals surface area (Å²) in [6, 6.07) is 9.51. The number of hydrogen-bond donors (Lipinski definition) is 2. The molecule has 0 saturated heterocycles. The molecule has 0 aliphatic carbocycles. The Morgan fingerprint density at radius 2 is 1.90 bits per heavy atom. The van der Waals surface area contributed by atoms with E-state index in [0.29, 0.717) is 30.2 Å². The van der Waals surface area contributed by atoms with E-state index < -0.39 is 22.1 Å². The highest BCUT2D eigenvalue weighted by atomic mass is 35.5. The molecule has 170 valence electrons. The van der Waals surface area contributed by atoms with E-state index in [2.05, 4.69) is 9.71 Å². The smallest absolute Gasteiger partial charge is 0.305 e. The molecule has 0 bridgehead atoms. The van der Waals surface area contributed by atoms with E-state index in [4.69, 9.17) is 26.2 Å². The van der Waals surface area contributed by atoms with Gasteiger partial charge in [-0.05, 0) is 62.1 Å². The molecule has 1 unspecified atom stereocenters. The largest absolute Gasteiger partial charge is 0.492 e. The van der Waals surface area contributed by atoms with E-state index in [0.717, 1.165) is 12.8 Å². The van der Waals surface area contributed by atoms with Crippen molar-refractivity contribution in [2.45, 2.75) is 43.1 Å². The summed E-state index contributed by atoms with van der Waals surface area (Å²) in [5, 5.41) is 9.54. The van der Waals surface area contributed by atoms with Crippen LogP contribution in [-0.4, -0.2) is 50.3 Å². The SMILES string of the molecule is O=C(O)CC(CCCCOc1cccnc1)OCCCNS(=O)(=O)c1ccc(Cl)cc1. The lowest BCUT2D eigenvalue weighted by atomic mass is 10.1. The average molecular weight is 471 g/mol. The minimum Gasteiger partial charge on any atom is -0.492 e. The van der Waals surface area contributed by atoms with Crippen molar-refractivity contribution in [2.75, 3.05) is 19.8 Å². The Morgan fingerprint density at radius 1 is 1.13 bits per heavy atom. The second-order valence-electron chi connectivity index (χ2n) is 6.83. The lowest BCUT2D eigenvalue weighted by Crippen LogP contribution is -2.26. The highest BCUT2D eigenvalue weighted by molar-refractivity contribution is 7.89. The van der Waals surface area contributed by atoms with Crippen molar-refractivity contribution in [1.82, 2.24) is 9.71 Å². The van der Waals surface area contributed by atoms with Crippen LogP contribution in [0.2, 0.25) is 5.02 Å². The van der Waals surface area contributed by atoms with E-state index in [1.165, 1.54) is 24.3 Å². The van der Waals surface area contributed by atoms with Crippen molar-refractivity contribution in [1.29, 1.82) is 0 Å². The van der Waals surface area contributed by atoms with E-state index in [1.54, 1.807) is 18.5 Å². The zero-order valence-corrected chi connectivity index (χ0v) is 18.6. The van der Waals surface area contributed by atoms with Gasteiger partial charge in [0.1, 0.15) is 5.75 Å². The van der Waals surface area contributed by atoms with Crippen LogP contribution in [0.5, 0.6) is 5.75 Å². The van der Waals surface area contributed by atoms with Crippen molar-refractivity contribution >= 4 is 27.6 Å². The molecule has 10 heteroatoms. The number of benzene rings is 1. The van der Waals surface area contributed by atoms with E-state index in [9.17, 15) is 13.2 Å². The first-order valence-corrected chi connectivity index (χ1v) is 11.8. The molecule has 1 aromatic heterocycles. The standard InChI is InChI=1S/C21H27ClN2O6S/c22-17-7-9-20(10-8-17)31(27,28)24-12-4-14-29-18(15-21(25)26)5-1-2-13-30-19-6-3-11-23-16-19/h3,6-11,16,18,24H,1-2,4-5,12-15H2,(H,25,26). The summed E-state index contributed by atoms with van der Waals surface area (Å²) in [5.41, 5.74) is 0. The van der Waals surface area contributed by atoms with Gasteiger partial charge < -0.3 is 14.6 Å². The molecular formula is C21H27ClN2O6S. The molecule has 0 amide bonds. The second-order valence-corrected chi connectivity index (χ2v) is 9.03. The third-order valence-electron chi connectivity index (χ3n) is 4.32. The number of aromatic nitrogens is 1. The quantitative estimate of drug-likeness (QED) is 0.383. The van der Waals surface area contributed by atoms with Crippen molar-refractivity contribution in [3.8, 4) is 5.75 Å². The van der Waals surface area contributed by atoms with Crippen molar-refractivity contribution in [3.63, 3.8) is 0 Å². The molecule has 2 N–H and O–H groups in total. The molecule has 31 heavy (non-hydrogen) atoms. The van der Waals surface area contributed by atoms with Crippen LogP contribution >= 0.6 is 11.6 Å². The second kappa shape index (κ2) is 13.3. The number of unbranched alkanes of at least 4 members (excludes halogenated alkanes) is 1. The van der Waals surface area contributed by atoms with Crippen LogP contribution < -0.4 is 9.46 Å². The third-order valence-corrected chi connectivity index (χ3v) is 6.05. The Labute approximate surface area is 187 Å². The lowest BCUT2D eigenvalue weighted by molar-refractivity contribution is -0.140. The first-order chi connectivity index (χ1) is 14.9. The molecule has 0 spiro atoms. The minimum atomic E-state index is -3.62. The molecule has 0 radical (unpaired) electrons. The van der Waals surface area contributed by atoms with Crippen molar-refractivity contribution in [2.24, 2.45) is 0 Å². The van der Waals surface area contributed by atoms with Crippen LogP contribution in [0.4, 0.5) is 0 Å². The van der Waals surface area contributed by atoms with Gasteiger partial charge in [-0.25, -0.2) is 13.1 Å². The number of nitrogens with one attached hydrogen (secondary N) is 1. The molecule has 1 aromatic carbocycles. The molecule has 1 heterocycles. The van der Waals surface area contributed by atoms with Crippen LogP contribution in [0.1, 0.15) is 32.1 Å². The van der Waals surface area contributed by atoms with Gasteiger partial charge in [-0.15, -0.1) is 0 Å². The van der Waals surface area contributed by atoms with Gasteiger partial charge >= 0.3 is 5.97 Å². The van der Waals surface area contributed by atoms with Crippen LogP contribution in [0, 0.1) is 0 Å². The van der Waals surface area contributed by atoms with Crippen LogP contribution in [0.3, 0.4) is 0 Å². The molecule has 2 aromatic rings. The van der Waals surface area contributed by atoms with E-state index >= 15 is 0 Å². The van der Waals surface area contributed by atoms with Gasteiger partial charge in [-0.3, -0.25) is 9.78 Å². The number of carbonyl (C=O) groups is 1. The minimum absolute atomic E-state index is 0.0973. The number of nitrogens with zero attached hydrogens (tertiary/aromatic N) is 1. The summed E-state index contributed by atoms with van der Waals surface area (Å²) >= 11 is 5.77. The van der Waals surface area contributed by atoms with Gasteiger partial charge in [-0.1, -0.05) is 11.6 Å². The number of carboxylic acids is 1. The molecule has 0 fully saturated rings. The number of pyridine rings is 1. The highest BCUT2D eigenvalue weighted by Gasteiger charge is 2.15. The fourth-order valence-corrected chi connectivity index (χ4v) is 3.96. The first-order valence-electron chi connectivity index (χ1n) is 9.98. The van der Waals surface area contributed by atoms with Crippen LogP contribution in [0.25, 0.3) is 0 Å². The van der Waals surface area contributed by atoms with Gasteiger partial charge in [0.05, 0.1) is 30.2 Å². The summed E-state index contributed by atoms with van der Waals surface area (Å²) in [5.74, 6) is -0.234. The fourth-order valence-electron chi connectivity index (χ4n) is 2.76. The number of carboxylic acid groups (broad SMARTS) is 1. The number of sulfonamides is 1. The monoisotopic (exact) mass is 470 g/mol. The number of ether oxygens (including phenoxy) is 2. The molecule has 8 nitrogen and oxygen atoms in total. The summed E-state index contributed by atoms with van der Waals surface area (Å²) in [7, 11) is -3.62. The summed E-state index contributed by atoms with van der Waals surface area (Å²) < 4.78 is 38.1. The Morgan fingerprint density at radius 3 is 2.58 bits per heavy atom. The highest BCUT2D eigenvalue weighted by Crippen LogP contribution is 2.14. The van der Waals surface area contributed by atoms with E-state index in [-0.39, 0.29) is 24.5 Å². The predicted octanol–water partition coefficient (Wildman–Crippen LogP) is 3.51. The molecule has 1 atom stereocenters. The van der Waals surface area contributed by atoms with Gasteiger partial charge in [-0.2, -0.15) is 0 Å². The van der Waals surface area contributed by atoms with Crippen LogP contribution in [-0.2, 0) is 19.6 Å². The number of halogens is 1. The van der Waals surface area contributed by atoms with Crippen molar-refractivity contribution < 1.29 is 27.8 Å². The Hall–Kier alpha value is -2.20. The maximum absolute atomic E-state index is 12.2. The zero-order valence-electron chi connectivity index (χ0n) is 17.1. The van der Waals surface area contributed by atoms with Gasteiger partial charge in [0.25, 0.3) is 0 Å². The fraction of sp³-hybridized carbons (Fsp3) is 0.429. The summed E-state index contributed by atoms with van der Waals surface area (Å²) in [6.07, 6.45) is 5.30. The Balaban J connectivity index is 1.65. The molecule has 0 aliphatic rings. The average Bonchev–Trinajstić information content (AvgIpc) is 2.73. The molecule has 2 rings (SSSR count). The van der Waals surface area contributed by atoms with Gasteiger partial charge in [0, 0.05) is 24.4 Å². The van der Waals surface area contributed by atoms with Crippen LogP contribution in [0.15, 0.2) is 53.7 Å². The Bertz CT molecular complexity index is 894. The third kappa shape index (κ3) is 10.1. The lowest BCUT2D eigenvalue weighted by Gasteiger charge is -2.16. The maximum Gasteiger partial charge on any atom is 0.305 e.